The first-order valence-electron chi connectivity index (χ1n) is 3.00. The SMILES string of the molecule is Nc1c(Br)cnc(C(F)(F)F)c1F. The molecule has 0 bridgehead atoms. The van der Waals surface area contributed by atoms with E-state index in [1.165, 1.54) is 0 Å². The van der Waals surface area contributed by atoms with Crippen LogP contribution in [0.25, 0.3) is 0 Å². The van der Waals surface area contributed by atoms with Crippen LogP contribution in [0.5, 0.6) is 0 Å². The first-order valence-corrected chi connectivity index (χ1v) is 3.80. The van der Waals surface area contributed by atoms with Crippen LogP contribution in [0.4, 0.5) is 23.2 Å². The number of pyridine rings is 1. The number of nitrogen functional groups attached to an aromatic ring is 1. The molecule has 0 aliphatic heterocycles. The number of nitrogens with zero attached hydrogens (tertiary/aromatic N) is 1. The van der Waals surface area contributed by atoms with E-state index in [0.717, 1.165) is 6.20 Å². The van der Waals surface area contributed by atoms with Crippen LogP contribution in [-0.2, 0) is 6.18 Å². The summed E-state index contributed by atoms with van der Waals surface area (Å²) in [5.74, 6) is -1.55. The lowest BCUT2D eigenvalue weighted by molar-refractivity contribution is -0.143. The molecule has 0 aromatic carbocycles. The second-order valence-corrected chi connectivity index (χ2v) is 3.03. The molecule has 0 aliphatic carbocycles. The minimum Gasteiger partial charge on any atom is -0.395 e. The lowest BCUT2D eigenvalue weighted by Crippen LogP contribution is -2.12. The molecule has 2 nitrogen and oxygen atoms in total. The third-order valence-electron chi connectivity index (χ3n) is 1.28. The van der Waals surface area contributed by atoms with Gasteiger partial charge < -0.3 is 5.73 Å². The summed E-state index contributed by atoms with van der Waals surface area (Å²) in [5.41, 5.74) is 2.82. The fourth-order valence-electron chi connectivity index (χ4n) is 0.677. The molecule has 0 unspecified atom stereocenters. The highest BCUT2D eigenvalue weighted by Gasteiger charge is 2.37. The molecular formula is C6H3BrF4N2. The largest absolute Gasteiger partial charge is 0.436 e. The Bertz CT molecular complexity index is 336. The Labute approximate surface area is 78.9 Å². The van der Waals surface area contributed by atoms with E-state index in [0.29, 0.717) is 0 Å². The van der Waals surface area contributed by atoms with Gasteiger partial charge in [-0.3, -0.25) is 0 Å². The third kappa shape index (κ3) is 1.90. The van der Waals surface area contributed by atoms with Gasteiger partial charge in [0.05, 0.1) is 10.2 Å². The first-order chi connectivity index (χ1) is 5.84. The van der Waals surface area contributed by atoms with Crippen LogP contribution in [0, 0.1) is 5.82 Å². The monoisotopic (exact) mass is 258 g/mol. The van der Waals surface area contributed by atoms with Crippen LogP contribution >= 0.6 is 15.9 Å². The van der Waals surface area contributed by atoms with E-state index in [9.17, 15) is 17.6 Å². The maximum atomic E-state index is 12.8. The van der Waals surface area contributed by atoms with E-state index >= 15 is 0 Å². The van der Waals surface area contributed by atoms with Crippen molar-refractivity contribution in [2.75, 3.05) is 5.73 Å². The fourth-order valence-corrected chi connectivity index (χ4v) is 0.954. The Morgan fingerprint density at radius 1 is 1.38 bits per heavy atom. The number of alkyl halides is 3. The number of hydrogen-bond acceptors (Lipinski definition) is 2. The highest BCUT2D eigenvalue weighted by Crippen LogP contribution is 2.33. The molecular weight excluding hydrogens is 256 g/mol. The van der Waals surface area contributed by atoms with Gasteiger partial charge in [0.25, 0.3) is 0 Å². The van der Waals surface area contributed by atoms with Gasteiger partial charge in [0, 0.05) is 6.20 Å². The average Bonchev–Trinajstić information content (AvgIpc) is 1.98. The summed E-state index contributed by atoms with van der Waals surface area (Å²) >= 11 is 2.75. The van der Waals surface area contributed by atoms with Crippen LogP contribution in [0.1, 0.15) is 5.69 Å². The number of aromatic nitrogens is 1. The van der Waals surface area contributed by atoms with E-state index in [4.69, 9.17) is 5.73 Å². The van der Waals surface area contributed by atoms with Gasteiger partial charge in [-0.2, -0.15) is 13.2 Å². The van der Waals surface area contributed by atoms with Gasteiger partial charge in [-0.15, -0.1) is 0 Å². The van der Waals surface area contributed by atoms with Crippen molar-refractivity contribution in [3.63, 3.8) is 0 Å². The van der Waals surface area contributed by atoms with E-state index in [-0.39, 0.29) is 4.47 Å². The number of nitrogens with two attached hydrogens (primary N) is 1. The minimum absolute atomic E-state index is 0.00185. The average molecular weight is 259 g/mol. The molecule has 0 amide bonds. The third-order valence-corrected chi connectivity index (χ3v) is 1.91. The normalized spacial score (nSPS) is 11.8. The Balaban J connectivity index is 3.35. The van der Waals surface area contributed by atoms with Crippen molar-refractivity contribution in [1.82, 2.24) is 4.98 Å². The maximum Gasteiger partial charge on any atom is 0.436 e. The Morgan fingerprint density at radius 3 is 2.38 bits per heavy atom. The van der Waals surface area contributed by atoms with Gasteiger partial charge in [0.2, 0.25) is 0 Å². The van der Waals surface area contributed by atoms with Gasteiger partial charge >= 0.3 is 6.18 Å². The number of halogens is 5. The molecule has 2 N–H and O–H groups in total. The molecule has 0 spiro atoms. The van der Waals surface area contributed by atoms with E-state index in [2.05, 4.69) is 20.9 Å². The smallest absolute Gasteiger partial charge is 0.395 e. The minimum atomic E-state index is -4.82. The molecule has 0 fully saturated rings. The van der Waals surface area contributed by atoms with Crippen LogP contribution in [0.3, 0.4) is 0 Å². The molecule has 7 heteroatoms. The summed E-state index contributed by atoms with van der Waals surface area (Å²) in [4.78, 5) is 2.88. The molecule has 1 aromatic rings. The Morgan fingerprint density at radius 2 is 1.92 bits per heavy atom. The summed E-state index contributed by atoms with van der Waals surface area (Å²) in [7, 11) is 0. The summed E-state index contributed by atoms with van der Waals surface area (Å²) in [5, 5.41) is 0. The maximum absolute atomic E-state index is 12.8. The Kier molecular flexibility index (Phi) is 2.47. The molecule has 1 heterocycles. The second-order valence-electron chi connectivity index (χ2n) is 2.18. The summed E-state index contributed by atoms with van der Waals surface area (Å²) in [6.45, 7) is 0. The highest BCUT2D eigenvalue weighted by molar-refractivity contribution is 9.10. The van der Waals surface area contributed by atoms with Gasteiger partial charge in [0.15, 0.2) is 11.5 Å². The lowest BCUT2D eigenvalue weighted by Gasteiger charge is -2.08. The van der Waals surface area contributed by atoms with E-state index < -0.39 is 23.4 Å². The van der Waals surface area contributed by atoms with Gasteiger partial charge in [0.1, 0.15) is 0 Å². The fraction of sp³-hybridized carbons (Fsp3) is 0.167. The molecule has 1 aromatic heterocycles. The molecule has 0 saturated carbocycles. The van der Waals surface area contributed by atoms with Crippen molar-refractivity contribution in [1.29, 1.82) is 0 Å². The topological polar surface area (TPSA) is 38.9 Å². The summed E-state index contributed by atoms with van der Waals surface area (Å²) in [6, 6.07) is 0. The highest BCUT2D eigenvalue weighted by atomic mass is 79.9. The van der Waals surface area contributed by atoms with E-state index in [1.807, 2.05) is 0 Å². The Hall–Kier alpha value is -0.850. The van der Waals surface area contributed by atoms with Crippen molar-refractivity contribution in [2.24, 2.45) is 0 Å². The number of rotatable bonds is 0. The number of anilines is 1. The van der Waals surface area contributed by atoms with Crippen molar-refractivity contribution in [3.05, 3.63) is 22.2 Å². The molecule has 13 heavy (non-hydrogen) atoms. The molecule has 72 valence electrons. The zero-order valence-corrected chi connectivity index (χ0v) is 7.58. The molecule has 1 rings (SSSR count). The van der Waals surface area contributed by atoms with Crippen LogP contribution in [-0.4, -0.2) is 4.98 Å². The lowest BCUT2D eigenvalue weighted by atomic mass is 10.3. The van der Waals surface area contributed by atoms with Crippen molar-refractivity contribution in [2.45, 2.75) is 6.18 Å². The molecule has 0 atom stereocenters. The number of hydrogen-bond donors (Lipinski definition) is 1. The predicted octanol–water partition coefficient (Wildman–Crippen LogP) is 2.58. The molecule has 0 aliphatic rings. The van der Waals surface area contributed by atoms with Crippen molar-refractivity contribution < 1.29 is 17.6 Å². The van der Waals surface area contributed by atoms with Gasteiger partial charge in [-0.1, -0.05) is 0 Å². The van der Waals surface area contributed by atoms with Crippen molar-refractivity contribution >= 4 is 21.6 Å². The van der Waals surface area contributed by atoms with Crippen molar-refractivity contribution in [3.8, 4) is 0 Å². The molecule has 0 saturated heterocycles. The molecule has 0 radical (unpaired) electrons. The van der Waals surface area contributed by atoms with E-state index in [1.54, 1.807) is 0 Å². The quantitative estimate of drug-likeness (QED) is 0.727. The first kappa shape index (κ1) is 10.2. The van der Waals surface area contributed by atoms with Crippen LogP contribution < -0.4 is 5.73 Å². The second kappa shape index (κ2) is 3.13. The van der Waals surface area contributed by atoms with Gasteiger partial charge in [-0.05, 0) is 15.9 Å². The predicted molar refractivity (Wildman–Crippen MR) is 41.3 cm³/mol. The zero-order chi connectivity index (χ0) is 10.2. The summed E-state index contributed by atoms with van der Waals surface area (Å²) in [6.07, 6.45) is -4.01. The van der Waals surface area contributed by atoms with Gasteiger partial charge in [-0.25, -0.2) is 9.37 Å². The standard InChI is InChI=1S/C6H3BrF4N2/c7-2-1-13-5(6(9,10)11)3(8)4(2)12/h1H,(H2,12,13). The van der Waals surface area contributed by atoms with Crippen LogP contribution in [0.2, 0.25) is 0 Å². The van der Waals surface area contributed by atoms with Crippen LogP contribution in [0.15, 0.2) is 10.7 Å². The zero-order valence-electron chi connectivity index (χ0n) is 5.99. The summed E-state index contributed by atoms with van der Waals surface area (Å²) < 4.78 is 48.8.